The van der Waals surface area contributed by atoms with Crippen molar-refractivity contribution in [3.05, 3.63) is 69.7 Å². The maximum absolute atomic E-state index is 12.3. The monoisotopic (exact) mass is 373 g/mol. The predicted molar refractivity (Wildman–Crippen MR) is 102 cm³/mol. The summed E-state index contributed by atoms with van der Waals surface area (Å²) < 4.78 is 0. The number of hydrogen-bond acceptors (Lipinski definition) is 1. The number of fused-ring (bicyclic) bond motifs is 1. The van der Waals surface area contributed by atoms with E-state index in [2.05, 4.69) is 36.5 Å². The fourth-order valence-electron chi connectivity index (χ4n) is 4.87. The van der Waals surface area contributed by atoms with E-state index >= 15 is 0 Å². The molecule has 2 fully saturated rings. The van der Waals surface area contributed by atoms with Gasteiger partial charge in [-0.05, 0) is 65.5 Å². The number of nitrogens with one attached hydrogen (secondary N) is 1. The molecule has 1 unspecified atom stereocenters. The standard InChI is InChI=1S/C21H21Cl2NO/c1-12-10-17-18(11-24-21(17)25)20(14-4-8-16(23)9-5-14)19(12)13-2-6-15(22)7-3-13/h2-9,12,17-20H,10-11H2,1H3,(H,24,25)/t12?,17-,18-,19+,20-/m1/s1. The Morgan fingerprint density at radius 3 is 1.96 bits per heavy atom. The summed E-state index contributed by atoms with van der Waals surface area (Å²) in [5.74, 6) is 1.74. The minimum Gasteiger partial charge on any atom is -0.356 e. The van der Waals surface area contributed by atoms with Gasteiger partial charge in [-0.2, -0.15) is 0 Å². The van der Waals surface area contributed by atoms with E-state index in [-0.39, 0.29) is 11.8 Å². The van der Waals surface area contributed by atoms with Crippen LogP contribution in [0, 0.1) is 17.8 Å². The van der Waals surface area contributed by atoms with Crippen LogP contribution in [-0.2, 0) is 4.79 Å². The molecule has 1 amide bonds. The highest BCUT2D eigenvalue weighted by molar-refractivity contribution is 6.30. The average molecular weight is 374 g/mol. The zero-order valence-electron chi connectivity index (χ0n) is 14.1. The van der Waals surface area contributed by atoms with Crippen LogP contribution in [0.5, 0.6) is 0 Å². The van der Waals surface area contributed by atoms with Crippen molar-refractivity contribution in [1.29, 1.82) is 0 Å². The second-order valence-electron chi connectivity index (χ2n) is 7.38. The number of rotatable bonds is 2. The van der Waals surface area contributed by atoms with Gasteiger partial charge in [-0.3, -0.25) is 4.79 Å². The van der Waals surface area contributed by atoms with Crippen LogP contribution in [0.1, 0.15) is 36.3 Å². The molecule has 5 atom stereocenters. The van der Waals surface area contributed by atoms with Crippen molar-refractivity contribution in [2.75, 3.05) is 6.54 Å². The predicted octanol–water partition coefficient (Wildman–Crippen LogP) is 5.26. The molecule has 0 spiro atoms. The molecule has 4 rings (SSSR count). The Labute approximate surface area is 158 Å². The van der Waals surface area contributed by atoms with Crippen LogP contribution in [-0.4, -0.2) is 12.5 Å². The van der Waals surface area contributed by atoms with Crippen LogP contribution >= 0.6 is 23.2 Å². The van der Waals surface area contributed by atoms with Gasteiger partial charge in [0, 0.05) is 22.5 Å². The fourth-order valence-corrected chi connectivity index (χ4v) is 5.13. The summed E-state index contributed by atoms with van der Waals surface area (Å²) in [6.45, 7) is 3.03. The molecule has 1 saturated heterocycles. The highest BCUT2D eigenvalue weighted by Gasteiger charge is 2.49. The van der Waals surface area contributed by atoms with E-state index < -0.39 is 0 Å². The van der Waals surface area contributed by atoms with Crippen LogP contribution in [0.2, 0.25) is 10.0 Å². The van der Waals surface area contributed by atoms with Crippen molar-refractivity contribution in [3.63, 3.8) is 0 Å². The molecule has 1 N–H and O–H groups in total. The number of halogens is 2. The minimum absolute atomic E-state index is 0.110. The molecule has 0 aromatic heterocycles. The Bertz CT molecular complexity index is 771. The third kappa shape index (κ3) is 3.07. The van der Waals surface area contributed by atoms with Gasteiger partial charge in [0.25, 0.3) is 0 Å². The summed E-state index contributed by atoms with van der Waals surface area (Å²) in [5.41, 5.74) is 2.57. The molecule has 0 bridgehead atoms. The zero-order valence-corrected chi connectivity index (χ0v) is 15.6. The Hall–Kier alpha value is -1.51. The van der Waals surface area contributed by atoms with E-state index in [1.54, 1.807) is 0 Å². The first-order valence-corrected chi connectivity index (χ1v) is 9.59. The zero-order chi connectivity index (χ0) is 17.6. The molecule has 2 aromatic rings. The Balaban J connectivity index is 1.80. The van der Waals surface area contributed by atoms with Crippen LogP contribution in [0.25, 0.3) is 0 Å². The SMILES string of the molecule is CC1C[C@H]2C(=O)NC[C@H]2[C@@H](c2ccc(Cl)cc2)[C@@H]1c1ccc(Cl)cc1. The second-order valence-corrected chi connectivity index (χ2v) is 8.26. The lowest BCUT2D eigenvalue weighted by molar-refractivity contribution is -0.124. The highest BCUT2D eigenvalue weighted by atomic mass is 35.5. The summed E-state index contributed by atoms with van der Waals surface area (Å²) in [4.78, 5) is 12.3. The number of amides is 1. The first-order chi connectivity index (χ1) is 12.0. The van der Waals surface area contributed by atoms with Crippen molar-refractivity contribution in [2.24, 2.45) is 17.8 Å². The maximum atomic E-state index is 12.3. The topological polar surface area (TPSA) is 29.1 Å². The van der Waals surface area contributed by atoms with Crippen LogP contribution < -0.4 is 5.32 Å². The molecular formula is C21H21Cl2NO. The molecule has 4 heteroatoms. The van der Waals surface area contributed by atoms with Gasteiger partial charge in [0.15, 0.2) is 0 Å². The minimum atomic E-state index is 0.110. The van der Waals surface area contributed by atoms with Gasteiger partial charge >= 0.3 is 0 Å². The smallest absolute Gasteiger partial charge is 0.223 e. The molecule has 0 radical (unpaired) electrons. The molecule has 130 valence electrons. The van der Waals surface area contributed by atoms with Gasteiger partial charge in [0.2, 0.25) is 5.91 Å². The van der Waals surface area contributed by atoms with Crippen molar-refractivity contribution in [1.82, 2.24) is 5.32 Å². The lowest BCUT2D eigenvalue weighted by atomic mass is 9.59. The molecule has 25 heavy (non-hydrogen) atoms. The Kier molecular flexibility index (Phi) is 4.51. The van der Waals surface area contributed by atoms with E-state index in [1.165, 1.54) is 11.1 Å². The summed E-state index contributed by atoms with van der Waals surface area (Å²) in [5, 5.41) is 4.59. The van der Waals surface area contributed by atoms with E-state index in [4.69, 9.17) is 23.2 Å². The molecule has 2 aromatic carbocycles. The average Bonchev–Trinajstić information content (AvgIpc) is 2.96. The first-order valence-electron chi connectivity index (χ1n) is 8.83. The van der Waals surface area contributed by atoms with Crippen LogP contribution in [0.15, 0.2) is 48.5 Å². The van der Waals surface area contributed by atoms with Gasteiger partial charge in [-0.15, -0.1) is 0 Å². The normalized spacial score (nSPS) is 31.5. The van der Waals surface area contributed by atoms with Gasteiger partial charge in [-0.1, -0.05) is 54.4 Å². The molecule has 2 aliphatic rings. The summed E-state index contributed by atoms with van der Waals surface area (Å²) >= 11 is 12.2. The van der Waals surface area contributed by atoms with Gasteiger partial charge in [-0.25, -0.2) is 0 Å². The van der Waals surface area contributed by atoms with E-state index in [0.717, 1.165) is 23.0 Å². The Morgan fingerprint density at radius 1 is 0.880 bits per heavy atom. The fraction of sp³-hybridized carbons (Fsp3) is 0.381. The molecule has 2 nitrogen and oxygen atoms in total. The highest BCUT2D eigenvalue weighted by Crippen LogP contribution is 2.53. The van der Waals surface area contributed by atoms with E-state index in [1.807, 2.05) is 24.3 Å². The maximum Gasteiger partial charge on any atom is 0.223 e. The number of carbonyl (C=O) groups excluding carboxylic acids is 1. The molecule has 1 aliphatic heterocycles. The summed E-state index contributed by atoms with van der Waals surface area (Å²) in [7, 11) is 0. The molecular weight excluding hydrogens is 353 g/mol. The number of hydrogen-bond donors (Lipinski definition) is 1. The van der Waals surface area contributed by atoms with Crippen molar-refractivity contribution in [2.45, 2.75) is 25.2 Å². The third-order valence-corrected chi connectivity index (χ3v) is 6.47. The third-order valence-electron chi connectivity index (χ3n) is 5.96. The number of carbonyl (C=O) groups is 1. The second kappa shape index (κ2) is 6.66. The number of benzene rings is 2. The van der Waals surface area contributed by atoms with Gasteiger partial charge < -0.3 is 5.32 Å². The summed E-state index contributed by atoms with van der Waals surface area (Å²) in [6, 6.07) is 16.3. The first kappa shape index (κ1) is 16.9. The Morgan fingerprint density at radius 2 is 1.40 bits per heavy atom. The van der Waals surface area contributed by atoms with Crippen molar-refractivity contribution in [3.8, 4) is 0 Å². The molecule has 1 aliphatic carbocycles. The summed E-state index contributed by atoms with van der Waals surface area (Å²) in [6.07, 6.45) is 0.938. The molecule has 1 heterocycles. The lowest BCUT2D eigenvalue weighted by Crippen LogP contribution is -2.37. The van der Waals surface area contributed by atoms with Crippen LogP contribution in [0.4, 0.5) is 0 Å². The molecule has 1 saturated carbocycles. The van der Waals surface area contributed by atoms with Gasteiger partial charge in [0.1, 0.15) is 0 Å². The largest absolute Gasteiger partial charge is 0.356 e. The van der Waals surface area contributed by atoms with Crippen LogP contribution in [0.3, 0.4) is 0 Å². The van der Waals surface area contributed by atoms with Crippen molar-refractivity contribution >= 4 is 29.1 Å². The lowest BCUT2D eigenvalue weighted by Gasteiger charge is -2.43. The van der Waals surface area contributed by atoms with Gasteiger partial charge in [0.05, 0.1) is 0 Å². The van der Waals surface area contributed by atoms with Crippen molar-refractivity contribution < 1.29 is 4.79 Å². The van der Waals surface area contributed by atoms with E-state index in [0.29, 0.717) is 23.7 Å². The van der Waals surface area contributed by atoms with E-state index in [9.17, 15) is 4.79 Å². The quantitative estimate of drug-likeness (QED) is 0.763.